The highest BCUT2D eigenvalue weighted by Gasteiger charge is 2.23. The standard InChI is InChI=1S/C18H18ClFN2O3S/c1-22(2)16(18-9-12-5-3-4-6-17(12)25-18)11-21-26(23,24)13-7-8-15(20)14(19)10-13/h3-10,16,21H,11H2,1-2H3/t16-/m1/s1. The molecule has 0 aliphatic rings. The number of fused-ring (bicyclic) bond motifs is 1. The number of para-hydroxylation sites is 1. The lowest BCUT2D eigenvalue weighted by Gasteiger charge is -2.22. The Kier molecular flexibility index (Phi) is 5.34. The van der Waals surface area contributed by atoms with Crippen LogP contribution in [0.4, 0.5) is 4.39 Å². The highest BCUT2D eigenvalue weighted by molar-refractivity contribution is 7.89. The van der Waals surface area contributed by atoms with Crippen LogP contribution in [-0.4, -0.2) is 34.0 Å². The van der Waals surface area contributed by atoms with Crippen molar-refractivity contribution in [2.45, 2.75) is 10.9 Å². The van der Waals surface area contributed by atoms with Gasteiger partial charge in [-0.3, -0.25) is 4.90 Å². The van der Waals surface area contributed by atoms with E-state index in [4.69, 9.17) is 16.0 Å². The predicted molar refractivity (Wildman–Crippen MR) is 99.2 cm³/mol. The van der Waals surface area contributed by atoms with Crippen LogP contribution in [0.2, 0.25) is 5.02 Å². The van der Waals surface area contributed by atoms with Crippen molar-refractivity contribution in [2.75, 3.05) is 20.6 Å². The molecule has 0 aliphatic carbocycles. The Morgan fingerprint density at radius 3 is 2.58 bits per heavy atom. The molecule has 3 aromatic rings. The molecule has 0 saturated heterocycles. The van der Waals surface area contributed by atoms with Crippen molar-refractivity contribution >= 4 is 32.6 Å². The molecule has 5 nitrogen and oxygen atoms in total. The fraction of sp³-hybridized carbons (Fsp3) is 0.222. The average molecular weight is 397 g/mol. The molecule has 0 spiro atoms. The smallest absolute Gasteiger partial charge is 0.240 e. The van der Waals surface area contributed by atoms with Gasteiger partial charge in [0.25, 0.3) is 0 Å². The molecule has 1 aromatic heterocycles. The fourth-order valence-corrected chi connectivity index (χ4v) is 3.93. The van der Waals surface area contributed by atoms with E-state index in [1.165, 1.54) is 6.07 Å². The minimum absolute atomic E-state index is 0.0875. The normalized spacial score (nSPS) is 13.4. The van der Waals surface area contributed by atoms with Crippen LogP contribution in [0.25, 0.3) is 11.0 Å². The number of sulfonamides is 1. The zero-order chi connectivity index (χ0) is 18.9. The molecule has 3 rings (SSSR count). The van der Waals surface area contributed by atoms with Gasteiger partial charge in [-0.1, -0.05) is 29.8 Å². The third kappa shape index (κ3) is 3.91. The van der Waals surface area contributed by atoms with Gasteiger partial charge in [0.15, 0.2) is 0 Å². The fourth-order valence-electron chi connectivity index (χ4n) is 2.62. The van der Waals surface area contributed by atoms with Gasteiger partial charge in [0.1, 0.15) is 17.2 Å². The molecule has 0 unspecified atom stereocenters. The van der Waals surface area contributed by atoms with Crippen LogP contribution in [0, 0.1) is 5.82 Å². The second kappa shape index (κ2) is 7.36. The Bertz CT molecular complexity index is 1000. The van der Waals surface area contributed by atoms with Crippen LogP contribution in [0.15, 0.2) is 57.8 Å². The monoisotopic (exact) mass is 396 g/mol. The van der Waals surface area contributed by atoms with Gasteiger partial charge in [0.2, 0.25) is 10.0 Å². The predicted octanol–water partition coefficient (Wildman–Crippen LogP) is 3.81. The number of likely N-dealkylation sites (N-methyl/N-ethyl adjacent to an activating group) is 1. The highest BCUT2D eigenvalue weighted by atomic mass is 35.5. The molecule has 1 atom stereocenters. The molecule has 0 saturated carbocycles. The maximum atomic E-state index is 13.3. The van der Waals surface area contributed by atoms with E-state index in [9.17, 15) is 12.8 Å². The summed E-state index contributed by atoms with van der Waals surface area (Å²) in [7, 11) is -0.167. The first-order valence-corrected chi connectivity index (χ1v) is 9.73. The molecule has 0 fully saturated rings. The van der Waals surface area contributed by atoms with Crippen LogP contribution in [0.3, 0.4) is 0 Å². The topological polar surface area (TPSA) is 62.6 Å². The summed E-state index contributed by atoms with van der Waals surface area (Å²) in [6.07, 6.45) is 0. The number of nitrogens with one attached hydrogen (secondary N) is 1. The molecule has 8 heteroatoms. The van der Waals surface area contributed by atoms with Gasteiger partial charge in [0, 0.05) is 11.9 Å². The summed E-state index contributed by atoms with van der Waals surface area (Å²) in [5.41, 5.74) is 0.738. The van der Waals surface area contributed by atoms with Gasteiger partial charge in [-0.05, 0) is 44.4 Å². The summed E-state index contributed by atoms with van der Waals surface area (Å²) in [6, 6.07) is 12.4. The van der Waals surface area contributed by atoms with Crippen molar-refractivity contribution in [3.8, 4) is 0 Å². The van der Waals surface area contributed by atoms with Gasteiger partial charge in [-0.25, -0.2) is 17.5 Å². The molecule has 0 aliphatic heterocycles. The number of rotatable bonds is 6. The molecule has 1 heterocycles. The summed E-state index contributed by atoms with van der Waals surface area (Å²) in [5, 5.41) is 0.705. The van der Waals surface area contributed by atoms with Crippen LogP contribution in [-0.2, 0) is 10.0 Å². The lowest BCUT2D eigenvalue weighted by molar-refractivity contribution is 0.264. The number of benzene rings is 2. The molecule has 0 radical (unpaired) electrons. The van der Waals surface area contributed by atoms with E-state index < -0.39 is 15.8 Å². The molecule has 2 aromatic carbocycles. The Morgan fingerprint density at radius 1 is 1.19 bits per heavy atom. The van der Waals surface area contributed by atoms with Crippen LogP contribution in [0.5, 0.6) is 0 Å². The molecule has 138 valence electrons. The second-order valence-corrected chi connectivity index (χ2v) is 8.27. The van der Waals surface area contributed by atoms with Gasteiger partial charge < -0.3 is 4.42 Å². The molecule has 26 heavy (non-hydrogen) atoms. The zero-order valence-corrected chi connectivity index (χ0v) is 15.8. The van der Waals surface area contributed by atoms with E-state index in [0.29, 0.717) is 5.76 Å². The van der Waals surface area contributed by atoms with Gasteiger partial charge in [-0.2, -0.15) is 0 Å². The third-order valence-electron chi connectivity index (χ3n) is 4.06. The lowest BCUT2D eigenvalue weighted by Crippen LogP contribution is -2.34. The Morgan fingerprint density at radius 2 is 1.92 bits per heavy atom. The van der Waals surface area contributed by atoms with E-state index in [1.807, 2.05) is 49.3 Å². The molecule has 0 bridgehead atoms. The second-order valence-electron chi connectivity index (χ2n) is 6.09. The number of furan rings is 1. The average Bonchev–Trinajstić information content (AvgIpc) is 3.00. The summed E-state index contributed by atoms with van der Waals surface area (Å²) in [6.45, 7) is 0.0875. The number of halogens is 2. The Balaban J connectivity index is 1.83. The van der Waals surface area contributed by atoms with Crippen molar-refractivity contribution in [3.05, 3.63) is 65.1 Å². The quantitative estimate of drug-likeness (QED) is 0.688. The van der Waals surface area contributed by atoms with Crippen molar-refractivity contribution in [1.82, 2.24) is 9.62 Å². The largest absolute Gasteiger partial charge is 0.459 e. The molecular formula is C18H18ClFN2O3S. The highest BCUT2D eigenvalue weighted by Crippen LogP contribution is 2.26. The number of hydrogen-bond acceptors (Lipinski definition) is 4. The van der Waals surface area contributed by atoms with E-state index in [-0.39, 0.29) is 22.5 Å². The molecule has 0 amide bonds. The van der Waals surface area contributed by atoms with Crippen molar-refractivity contribution in [3.63, 3.8) is 0 Å². The first-order chi connectivity index (χ1) is 12.3. The minimum atomic E-state index is -3.84. The number of nitrogens with zero attached hydrogens (tertiary/aromatic N) is 1. The summed E-state index contributed by atoms with van der Waals surface area (Å²) in [5.74, 6) is -0.0184. The first kappa shape index (κ1) is 18.8. The Labute approximate surface area is 156 Å². The van der Waals surface area contributed by atoms with E-state index in [1.54, 1.807) is 0 Å². The van der Waals surface area contributed by atoms with Crippen LogP contribution in [0.1, 0.15) is 11.8 Å². The van der Waals surface area contributed by atoms with E-state index in [0.717, 1.165) is 23.1 Å². The summed E-state index contributed by atoms with van der Waals surface area (Å²) in [4.78, 5) is 1.77. The van der Waals surface area contributed by atoms with Gasteiger partial charge >= 0.3 is 0 Å². The summed E-state index contributed by atoms with van der Waals surface area (Å²) < 4.78 is 46.6. The molecular weight excluding hydrogens is 379 g/mol. The van der Waals surface area contributed by atoms with Crippen molar-refractivity contribution in [2.24, 2.45) is 0 Å². The maximum Gasteiger partial charge on any atom is 0.240 e. The number of hydrogen-bond donors (Lipinski definition) is 1. The Hall–Kier alpha value is -1.93. The lowest BCUT2D eigenvalue weighted by atomic mass is 10.2. The third-order valence-corrected chi connectivity index (χ3v) is 5.78. The summed E-state index contributed by atoms with van der Waals surface area (Å²) >= 11 is 5.68. The van der Waals surface area contributed by atoms with Crippen molar-refractivity contribution in [1.29, 1.82) is 0 Å². The first-order valence-electron chi connectivity index (χ1n) is 7.87. The van der Waals surface area contributed by atoms with E-state index >= 15 is 0 Å². The minimum Gasteiger partial charge on any atom is -0.459 e. The van der Waals surface area contributed by atoms with Gasteiger partial charge in [0.05, 0.1) is 16.0 Å². The van der Waals surface area contributed by atoms with E-state index in [2.05, 4.69) is 4.72 Å². The maximum absolute atomic E-state index is 13.3. The van der Waals surface area contributed by atoms with Crippen LogP contribution < -0.4 is 4.72 Å². The van der Waals surface area contributed by atoms with Crippen molar-refractivity contribution < 1.29 is 17.2 Å². The van der Waals surface area contributed by atoms with Crippen LogP contribution >= 0.6 is 11.6 Å². The molecule has 1 N–H and O–H groups in total. The van der Waals surface area contributed by atoms with Gasteiger partial charge in [-0.15, -0.1) is 0 Å². The SMILES string of the molecule is CN(C)[C@H](CNS(=O)(=O)c1ccc(F)c(Cl)c1)c1cc2ccccc2o1. The zero-order valence-electron chi connectivity index (χ0n) is 14.2.